The third-order valence-corrected chi connectivity index (χ3v) is 4.87. The molecule has 0 aliphatic rings. The van der Waals surface area contributed by atoms with Gasteiger partial charge in [0, 0.05) is 11.3 Å². The monoisotopic (exact) mass is 434 g/mol. The molecule has 32 heavy (non-hydrogen) atoms. The number of methoxy groups -OCH3 is 4. The van der Waals surface area contributed by atoms with E-state index in [1.165, 1.54) is 26.1 Å². The van der Waals surface area contributed by atoms with Crippen molar-refractivity contribution in [1.82, 2.24) is 15.0 Å². The summed E-state index contributed by atoms with van der Waals surface area (Å²) in [6.45, 7) is 0. The van der Waals surface area contributed by atoms with E-state index in [9.17, 15) is 4.79 Å². The molecule has 4 rings (SSSR count). The number of anilines is 1. The Morgan fingerprint density at radius 1 is 0.781 bits per heavy atom. The van der Waals surface area contributed by atoms with E-state index in [4.69, 9.17) is 18.9 Å². The van der Waals surface area contributed by atoms with Gasteiger partial charge in [-0.05, 0) is 54.6 Å². The second kappa shape index (κ2) is 8.84. The van der Waals surface area contributed by atoms with Crippen LogP contribution in [0.15, 0.2) is 54.6 Å². The van der Waals surface area contributed by atoms with Gasteiger partial charge in [0.2, 0.25) is 5.75 Å². The number of hydrogen-bond donors (Lipinski definition) is 1. The molecule has 0 atom stereocenters. The molecule has 0 saturated heterocycles. The zero-order valence-corrected chi connectivity index (χ0v) is 18.1. The molecule has 164 valence electrons. The minimum atomic E-state index is -0.328. The highest BCUT2D eigenvalue weighted by Gasteiger charge is 2.17. The Hall–Kier alpha value is -4.27. The molecule has 1 amide bonds. The molecule has 1 aromatic heterocycles. The molecule has 3 aromatic carbocycles. The van der Waals surface area contributed by atoms with Crippen LogP contribution < -0.4 is 24.3 Å². The van der Waals surface area contributed by atoms with E-state index in [0.29, 0.717) is 39.5 Å². The predicted octanol–water partition coefficient (Wildman–Crippen LogP) is 3.71. The number of ether oxygens (including phenoxy) is 4. The van der Waals surface area contributed by atoms with Gasteiger partial charge >= 0.3 is 0 Å². The van der Waals surface area contributed by atoms with Crippen molar-refractivity contribution in [2.24, 2.45) is 0 Å². The van der Waals surface area contributed by atoms with Crippen LogP contribution >= 0.6 is 0 Å². The van der Waals surface area contributed by atoms with Crippen LogP contribution in [-0.4, -0.2) is 49.3 Å². The van der Waals surface area contributed by atoms with Crippen LogP contribution in [0.4, 0.5) is 5.69 Å². The molecule has 0 bridgehead atoms. The highest BCUT2D eigenvalue weighted by atomic mass is 16.5. The smallest absolute Gasteiger partial charge is 0.255 e. The molecular formula is C23H22N4O5. The number of aromatic nitrogens is 3. The van der Waals surface area contributed by atoms with Gasteiger partial charge in [-0.2, -0.15) is 4.80 Å². The average molecular weight is 434 g/mol. The molecule has 0 unspecified atom stereocenters. The maximum Gasteiger partial charge on any atom is 0.255 e. The molecule has 0 saturated carbocycles. The van der Waals surface area contributed by atoms with E-state index in [-0.39, 0.29) is 5.91 Å². The molecule has 4 aromatic rings. The van der Waals surface area contributed by atoms with Gasteiger partial charge in [0.05, 0.1) is 34.1 Å². The fourth-order valence-corrected chi connectivity index (χ4v) is 3.24. The van der Waals surface area contributed by atoms with E-state index in [1.807, 2.05) is 24.3 Å². The Bertz CT molecular complexity index is 1240. The van der Waals surface area contributed by atoms with E-state index in [2.05, 4.69) is 15.5 Å². The van der Waals surface area contributed by atoms with E-state index < -0.39 is 0 Å². The summed E-state index contributed by atoms with van der Waals surface area (Å²) in [6, 6.07) is 15.9. The van der Waals surface area contributed by atoms with Crippen molar-refractivity contribution in [3.8, 4) is 28.7 Å². The minimum absolute atomic E-state index is 0.328. The van der Waals surface area contributed by atoms with Gasteiger partial charge in [-0.3, -0.25) is 4.79 Å². The average Bonchev–Trinajstić information content (AvgIpc) is 3.26. The summed E-state index contributed by atoms with van der Waals surface area (Å²) < 4.78 is 21.1. The van der Waals surface area contributed by atoms with Crippen LogP contribution in [0.3, 0.4) is 0 Å². The van der Waals surface area contributed by atoms with Gasteiger partial charge in [0.1, 0.15) is 16.8 Å². The van der Waals surface area contributed by atoms with Gasteiger partial charge in [0.15, 0.2) is 11.5 Å². The lowest BCUT2D eigenvalue weighted by atomic mass is 10.1. The van der Waals surface area contributed by atoms with Crippen molar-refractivity contribution >= 4 is 22.6 Å². The highest BCUT2D eigenvalue weighted by molar-refractivity contribution is 6.05. The van der Waals surface area contributed by atoms with Crippen molar-refractivity contribution in [3.05, 3.63) is 60.2 Å². The first-order valence-electron chi connectivity index (χ1n) is 9.69. The summed E-state index contributed by atoms with van der Waals surface area (Å²) in [6.07, 6.45) is 0. The van der Waals surface area contributed by atoms with E-state index in [0.717, 1.165) is 11.4 Å². The number of nitrogens with one attached hydrogen (secondary N) is 1. The fourth-order valence-electron chi connectivity index (χ4n) is 3.24. The topological polar surface area (TPSA) is 96.7 Å². The highest BCUT2D eigenvalue weighted by Crippen LogP contribution is 2.38. The quantitative estimate of drug-likeness (QED) is 0.474. The summed E-state index contributed by atoms with van der Waals surface area (Å²) in [5.41, 5.74) is 3.08. The van der Waals surface area contributed by atoms with Crippen LogP contribution in [0, 0.1) is 0 Å². The Balaban J connectivity index is 1.59. The molecule has 9 nitrogen and oxygen atoms in total. The SMILES string of the molecule is COc1ccc(-n2nc3ccc(NC(=O)c4cc(OC)c(OC)c(OC)c4)cc3n2)cc1. The van der Waals surface area contributed by atoms with Crippen LogP contribution in [-0.2, 0) is 0 Å². The lowest BCUT2D eigenvalue weighted by Crippen LogP contribution is -2.12. The summed E-state index contributed by atoms with van der Waals surface area (Å²) >= 11 is 0. The lowest BCUT2D eigenvalue weighted by Gasteiger charge is -2.14. The minimum Gasteiger partial charge on any atom is -0.497 e. The molecule has 0 aliphatic heterocycles. The van der Waals surface area contributed by atoms with Gasteiger partial charge in [-0.25, -0.2) is 0 Å². The second-order valence-corrected chi connectivity index (χ2v) is 6.76. The zero-order chi connectivity index (χ0) is 22.7. The Labute approximate surface area is 184 Å². The maximum atomic E-state index is 12.9. The number of nitrogens with zero attached hydrogens (tertiary/aromatic N) is 3. The van der Waals surface area contributed by atoms with Gasteiger partial charge in [-0.15, -0.1) is 10.2 Å². The number of benzene rings is 3. The summed E-state index contributed by atoms with van der Waals surface area (Å²) in [5, 5.41) is 11.9. The number of fused-ring (bicyclic) bond motifs is 1. The van der Waals surface area contributed by atoms with E-state index >= 15 is 0 Å². The number of hydrogen-bond acceptors (Lipinski definition) is 7. The molecular weight excluding hydrogens is 412 g/mol. The molecule has 0 aliphatic carbocycles. The van der Waals surface area contributed by atoms with Crippen LogP contribution in [0.5, 0.6) is 23.0 Å². The fraction of sp³-hybridized carbons (Fsp3) is 0.174. The number of rotatable bonds is 7. The predicted molar refractivity (Wildman–Crippen MR) is 119 cm³/mol. The Kier molecular flexibility index (Phi) is 5.80. The molecule has 0 radical (unpaired) electrons. The lowest BCUT2D eigenvalue weighted by molar-refractivity contribution is 0.102. The molecule has 1 N–H and O–H groups in total. The molecule has 1 heterocycles. The third-order valence-electron chi connectivity index (χ3n) is 4.87. The van der Waals surface area contributed by atoms with Crippen molar-refractivity contribution < 1.29 is 23.7 Å². The van der Waals surface area contributed by atoms with Gasteiger partial charge in [-0.1, -0.05) is 0 Å². The van der Waals surface area contributed by atoms with Crippen LogP contribution in [0.25, 0.3) is 16.7 Å². The summed E-state index contributed by atoms with van der Waals surface area (Å²) in [5.74, 6) is 1.64. The number of carbonyl (C=O) groups excluding carboxylic acids is 1. The number of amides is 1. The first-order valence-corrected chi connectivity index (χ1v) is 9.69. The van der Waals surface area contributed by atoms with E-state index in [1.54, 1.807) is 37.4 Å². The first-order chi connectivity index (χ1) is 15.6. The van der Waals surface area contributed by atoms with Gasteiger partial charge < -0.3 is 24.3 Å². The summed E-state index contributed by atoms with van der Waals surface area (Å²) in [7, 11) is 6.12. The normalized spacial score (nSPS) is 10.6. The van der Waals surface area contributed by atoms with Crippen molar-refractivity contribution in [3.63, 3.8) is 0 Å². The number of carbonyl (C=O) groups is 1. The molecule has 0 spiro atoms. The maximum absolute atomic E-state index is 12.9. The summed E-state index contributed by atoms with van der Waals surface area (Å²) in [4.78, 5) is 14.4. The van der Waals surface area contributed by atoms with Crippen LogP contribution in [0.2, 0.25) is 0 Å². The standard InChI is InChI=1S/C23H22N4O5/c1-29-17-8-6-16(7-9-17)27-25-18-10-5-15(13-19(18)26-27)24-23(28)14-11-20(30-2)22(32-4)21(12-14)31-3/h5-13H,1-4H3,(H,24,28). The van der Waals surface area contributed by atoms with Crippen molar-refractivity contribution in [2.45, 2.75) is 0 Å². The van der Waals surface area contributed by atoms with Crippen molar-refractivity contribution in [2.75, 3.05) is 33.8 Å². The molecule has 9 heteroatoms. The van der Waals surface area contributed by atoms with Crippen molar-refractivity contribution in [1.29, 1.82) is 0 Å². The largest absolute Gasteiger partial charge is 0.497 e. The Morgan fingerprint density at radius 3 is 2.03 bits per heavy atom. The van der Waals surface area contributed by atoms with Crippen LogP contribution in [0.1, 0.15) is 10.4 Å². The van der Waals surface area contributed by atoms with Gasteiger partial charge in [0.25, 0.3) is 5.91 Å². The Morgan fingerprint density at radius 2 is 1.44 bits per heavy atom. The second-order valence-electron chi connectivity index (χ2n) is 6.76. The first kappa shape index (κ1) is 21.0. The third kappa shape index (κ3) is 4.00. The molecule has 0 fully saturated rings. The zero-order valence-electron chi connectivity index (χ0n) is 18.1.